The summed E-state index contributed by atoms with van der Waals surface area (Å²) >= 11 is 0. The van der Waals surface area contributed by atoms with Crippen LogP contribution in [0.1, 0.15) is 11.3 Å². The average molecular weight is 224 g/mol. The third kappa shape index (κ3) is 2.73. The van der Waals surface area contributed by atoms with Crippen LogP contribution in [0.15, 0.2) is 42.6 Å². The predicted octanol–water partition coefficient (Wildman–Crippen LogP) is 2.15. The van der Waals surface area contributed by atoms with Gasteiger partial charge in [0.25, 0.3) is 0 Å². The lowest BCUT2D eigenvalue weighted by atomic mass is 10.2. The lowest BCUT2D eigenvalue weighted by Gasteiger charge is -2.07. The van der Waals surface area contributed by atoms with E-state index in [0.29, 0.717) is 12.2 Å². The molecule has 0 aliphatic carbocycles. The standard InChI is InChI=1S/C13H12N4/c14-8-13-12(5-2-6-16-13)17-9-10-3-1-4-11(15)7-10/h1-7,17H,9,15H2. The van der Waals surface area contributed by atoms with Gasteiger partial charge in [-0.2, -0.15) is 5.26 Å². The van der Waals surface area contributed by atoms with Gasteiger partial charge in [0.2, 0.25) is 0 Å². The van der Waals surface area contributed by atoms with E-state index in [2.05, 4.69) is 10.3 Å². The van der Waals surface area contributed by atoms with Crippen molar-refractivity contribution in [1.82, 2.24) is 4.98 Å². The summed E-state index contributed by atoms with van der Waals surface area (Å²) in [4.78, 5) is 3.98. The minimum Gasteiger partial charge on any atom is -0.399 e. The highest BCUT2D eigenvalue weighted by Gasteiger charge is 2.01. The van der Waals surface area contributed by atoms with Gasteiger partial charge in [0.05, 0.1) is 5.69 Å². The van der Waals surface area contributed by atoms with Gasteiger partial charge in [-0.25, -0.2) is 4.98 Å². The molecule has 0 saturated carbocycles. The molecular formula is C13H12N4. The summed E-state index contributed by atoms with van der Waals surface area (Å²) in [6.07, 6.45) is 1.60. The molecule has 0 radical (unpaired) electrons. The number of rotatable bonds is 3. The summed E-state index contributed by atoms with van der Waals surface area (Å²) in [5.41, 5.74) is 8.62. The molecule has 0 aliphatic rings. The third-order valence-corrected chi connectivity index (χ3v) is 2.35. The highest BCUT2D eigenvalue weighted by Crippen LogP contribution is 2.13. The molecule has 84 valence electrons. The fourth-order valence-corrected chi connectivity index (χ4v) is 1.54. The molecule has 0 aliphatic heterocycles. The van der Waals surface area contributed by atoms with Gasteiger partial charge in [-0.1, -0.05) is 12.1 Å². The highest BCUT2D eigenvalue weighted by atomic mass is 14.9. The Labute approximate surface area is 99.7 Å². The maximum atomic E-state index is 8.89. The number of hydrogen-bond donors (Lipinski definition) is 2. The lowest BCUT2D eigenvalue weighted by molar-refractivity contribution is 1.13. The maximum absolute atomic E-state index is 8.89. The molecule has 4 nitrogen and oxygen atoms in total. The van der Waals surface area contributed by atoms with E-state index < -0.39 is 0 Å². The second-order valence-electron chi connectivity index (χ2n) is 3.61. The monoisotopic (exact) mass is 224 g/mol. The van der Waals surface area contributed by atoms with Crippen molar-refractivity contribution in [2.24, 2.45) is 0 Å². The van der Waals surface area contributed by atoms with E-state index in [1.807, 2.05) is 36.4 Å². The quantitative estimate of drug-likeness (QED) is 0.783. The van der Waals surface area contributed by atoms with Crippen LogP contribution in [0.25, 0.3) is 0 Å². The van der Waals surface area contributed by atoms with E-state index >= 15 is 0 Å². The Balaban J connectivity index is 2.10. The second kappa shape index (κ2) is 4.99. The molecule has 1 aromatic carbocycles. The summed E-state index contributed by atoms with van der Waals surface area (Å²) in [5, 5.41) is 12.1. The molecule has 0 unspecified atom stereocenters. The van der Waals surface area contributed by atoms with E-state index in [9.17, 15) is 0 Å². The molecule has 0 bridgehead atoms. The van der Waals surface area contributed by atoms with Crippen LogP contribution in [0.5, 0.6) is 0 Å². The van der Waals surface area contributed by atoms with E-state index in [0.717, 1.165) is 16.9 Å². The van der Waals surface area contributed by atoms with Gasteiger partial charge in [0.1, 0.15) is 6.07 Å². The largest absolute Gasteiger partial charge is 0.399 e. The number of nitrogen functional groups attached to an aromatic ring is 1. The van der Waals surface area contributed by atoms with Gasteiger partial charge >= 0.3 is 0 Å². The van der Waals surface area contributed by atoms with E-state index in [4.69, 9.17) is 11.0 Å². The maximum Gasteiger partial charge on any atom is 0.163 e. The zero-order chi connectivity index (χ0) is 12.1. The summed E-state index contributed by atoms with van der Waals surface area (Å²) < 4.78 is 0. The van der Waals surface area contributed by atoms with E-state index in [-0.39, 0.29) is 0 Å². The normalized spacial score (nSPS) is 9.59. The Morgan fingerprint density at radius 3 is 2.94 bits per heavy atom. The zero-order valence-corrected chi connectivity index (χ0v) is 9.22. The minimum absolute atomic E-state index is 0.399. The van der Waals surface area contributed by atoms with E-state index in [1.54, 1.807) is 12.3 Å². The predicted molar refractivity (Wildman–Crippen MR) is 67.1 cm³/mol. The van der Waals surface area contributed by atoms with Crippen LogP contribution in [0.4, 0.5) is 11.4 Å². The first-order valence-electron chi connectivity index (χ1n) is 5.23. The van der Waals surface area contributed by atoms with Crippen molar-refractivity contribution in [3.05, 3.63) is 53.9 Å². The number of aromatic nitrogens is 1. The number of anilines is 2. The Kier molecular flexibility index (Phi) is 3.22. The van der Waals surface area contributed by atoms with Gasteiger partial charge in [0, 0.05) is 18.4 Å². The van der Waals surface area contributed by atoms with Crippen LogP contribution in [0.3, 0.4) is 0 Å². The van der Waals surface area contributed by atoms with Gasteiger partial charge in [0.15, 0.2) is 5.69 Å². The van der Waals surface area contributed by atoms with Crippen molar-refractivity contribution in [1.29, 1.82) is 5.26 Å². The Hall–Kier alpha value is -2.54. The summed E-state index contributed by atoms with van der Waals surface area (Å²) in [7, 11) is 0. The number of pyridine rings is 1. The van der Waals surface area contributed by atoms with Crippen LogP contribution in [-0.4, -0.2) is 4.98 Å². The Morgan fingerprint density at radius 2 is 2.18 bits per heavy atom. The number of nitrogens with two attached hydrogens (primary N) is 1. The molecule has 3 N–H and O–H groups in total. The zero-order valence-electron chi connectivity index (χ0n) is 9.22. The Bertz CT molecular complexity index is 557. The van der Waals surface area contributed by atoms with Gasteiger partial charge in [-0.05, 0) is 29.8 Å². The van der Waals surface area contributed by atoms with Crippen LogP contribution >= 0.6 is 0 Å². The van der Waals surface area contributed by atoms with Crippen molar-refractivity contribution < 1.29 is 0 Å². The number of nitrogens with zero attached hydrogens (tertiary/aromatic N) is 2. The van der Waals surface area contributed by atoms with Crippen LogP contribution in [-0.2, 0) is 6.54 Å². The smallest absolute Gasteiger partial charge is 0.163 e. The third-order valence-electron chi connectivity index (χ3n) is 2.35. The highest BCUT2D eigenvalue weighted by molar-refractivity contribution is 5.53. The minimum atomic E-state index is 0.399. The molecule has 0 amide bonds. The first-order valence-corrected chi connectivity index (χ1v) is 5.23. The Morgan fingerprint density at radius 1 is 1.29 bits per heavy atom. The van der Waals surface area contributed by atoms with Crippen molar-refractivity contribution in [2.75, 3.05) is 11.1 Å². The van der Waals surface area contributed by atoms with Crippen molar-refractivity contribution in [3.63, 3.8) is 0 Å². The molecular weight excluding hydrogens is 212 g/mol. The molecule has 0 fully saturated rings. The molecule has 0 atom stereocenters. The van der Waals surface area contributed by atoms with E-state index in [1.165, 1.54) is 0 Å². The van der Waals surface area contributed by atoms with Gasteiger partial charge in [-0.15, -0.1) is 0 Å². The number of nitriles is 1. The topological polar surface area (TPSA) is 74.7 Å². The van der Waals surface area contributed by atoms with Gasteiger partial charge in [-0.3, -0.25) is 0 Å². The molecule has 1 aromatic heterocycles. The van der Waals surface area contributed by atoms with Crippen molar-refractivity contribution >= 4 is 11.4 Å². The summed E-state index contributed by atoms with van der Waals surface area (Å²) in [5.74, 6) is 0. The molecule has 0 spiro atoms. The molecule has 17 heavy (non-hydrogen) atoms. The van der Waals surface area contributed by atoms with Crippen LogP contribution in [0, 0.1) is 11.3 Å². The molecule has 0 saturated heterocycles. The number of nitrogens with one attached hydrogen (secondary N) is 1. The SMILES string of the molecule is N#Cc1ncccc1NCc1cccc(N)c1. The molecule has 1 heterocycles. The summed E-state index contributed by atoms with van der Waals surface area (Å²) in [6, 6.07) is 13.3. The molecule has 4 heteroatoms. The van der Waals surface area contributed by atoms with Crippen LogP contribution < -0.4 is 11.1 Å². The van der Waals surface area contributed by atoms with Crippen LogP contribution in [0.2, 0.25) is 0 Å². The first-order chi connectivity index (χ1) is 8.29. The fourth-order valence-electron chi connectivity index (χ4n) is 1.54. The molecule has 2 aromatic rings. The number of hydrogen-bond acceptors (Lipinski definition) is 4. The molecule has 2 rings (SSSR count). The fraction of sp³-hybridized carbons (Fsp3) is 0.0769. The lowest BCUT2D eigenvalue weighted by Crippen LogP contribution is -2.02. The van der Waals surface area contributed by atoms with Gasteiger partial charge < -0.3 is 11.1 Å². The van der Waals surface area contributed by atoms with Crippen molar-refractivity contribution in [3.8, 4) is 6.07 Å². The average Bonchev–Trinajstić information content (AvgIpc) is 2.37. The van der Waals surface area contributed by atoms with Crippen molar-refractivity contribution in [2.45, 2.75) is 6.54 Å². The first kappa shape index (κ1) is 11.0. The summed E-state index contributed by atoms with van der Waals surface area (Å²) in [6.45, 7) is 0.616. The second-order valence-corrected chi connectivity index (χ2v) is 3.61. The number of benzene rings is 1.